The number of likely N-dealkylation sites (tertiary alicyclic amines) is 1. The zero-order valence-electron chi connectivity index (χ0n) is 19.8. The fraction of sp³-hybridized carbons (Fsp3) is 0.310. The lowest BCUT2D eigenvalue weighted by atomic mass is 9.85. The number of phenolic OH excluding ortho intramolecular Hbond substituents is 1. The first-order valence-electron chi connectivity index (χ1n) is 12.0. The standard InChI is InChI=1S/C29H30FNO4/c1-19-26-14-24(33)7-10-27(26)35-29(28(19)23-4-2-3-20(13-23)18-32)22-5-8-25(9-6-22)34-12-11-31-16-21(15-30)17-31/h2-10,13-14,21,29,32-33H,11-12,15-18H2,1H3/t29-/m0/s1. The maximum Gasteiger partial charge on any atom is 0.150 e. The number of aliphatic hydroxyl groups is 1. The average Bonchev–Trinajstić information content (AvgIpc) is 2.86. The summed E-state index contributed by atoms with van der Waals surface area (Å²) in [5.41, 5.74) is 5.64. The van der Waals surface area contributed by atoms with Gasteiger partial charge in [0.1, 0.15) is 30.0 Å². The Bertz CT molecular complexity index is 1220. The van der Waals surface area contributed by atoms with Crippen molar-refractivity contribution in [1.82, 2.24) is 4.90 Å². The van der Waals surface area contributed by atoms with Crippen LogP contribution in [0.1, 0.15) is 35.3 Å². The largest absolute Gasteiger partial charge is 0.508 e. The van der Waals surface area contributed by atoms with Crippen LogP contribution in [0.25, 0.3) is 11.1 Å². The summed E-state index contributed by atoms with van der Waals surface area (Å²) in [4.78, 5) is 2.20. The van der Waals surface area contributed by atoms with Gasteiger partial charge < -0.3 is 19.7 Å². The molecule has 2 aliphatic rings. The van der Waals surface area contributed by atoms with E-state index in [2.05, 4.69) is 4.90 Å². The lowest BCUT2D eigenvalue weighted by Gasteiger charge is -2.37. The molecule has 2 N–H and O–H groups in total. The van der Waals surface area contributed by atoms with Crippen molar-refractivity contribution in [2.45, 2.75) is 19.6 Å². The molecular formula is C29H30FNO4. The normalized spacial score (nSPS) is 18.1. The molecular weight excluding hydrogens is 445 g/mol. The van der Waals surface area contributed by atoms with Gasteiger partial charge in [-0.2, -0.15) is 0 Å². The predicted octanol–water partition coefficient (Wildman–Crippen LogP) is 5.23. The van der Waals surface area contributed by atoms with Gasteiger partial charge in [0, 0.05) is 36.7 Å². The highest BCUT2D eigenvalue weighted by Gasteiger charge is 2.30. The van der Waals surface area contributed by atoms with E-state index in [-0.39, 0.29) is 31.1 Å². The minimum atomic E-state index is -0.353. The zero-order chi connectivity index (χ0) is 24.4. The van der Waals surface area contributed by atoms with Crippen LogP contribution < -0.4 is 9.47 Å². The molecule has 1 atom stereocenters. The Labute approximate surface area is 205 Å². The molecule has 0 bridgehead atoms. The first-order valence-corrected chi connectivity index (χ1v) is 12.0. The van der Waals surface area contributed by atoms with Crippen molar-refractivity contribution in [1.29, 1.82) is 0 Å². The second kappa shape index (κ2) is 10.1. The van der Waals surface area contributed by atoms with E-state index in [4.69, 9.17) is 9.47 Å². The molecule has 0 amide bonds. The van der Waals surface area contributed by atoms with E-state index in [0.717, 1.165) is 58.8 Å². The Morgan fingerprint density at radius 2 is 1.86 bits per heavy atom. The summed E-state index contributed by atoms with van der Waals surface area (Å²) in [6, 6.07) is 20.9. The number of rotatable bonds is 8. The summed E-state index contributed by atoms with van der Waals surface area (Å²) < 4.78 is 25.0. The summed E-state index contributed by atoms with van der Waals surface area (Å²) in [6.07, 6.45) is -0.353. The molecule has 5 rings (SSSR count). The van der Waals surface area contributed by atoms with E-state index in [0.29, 0.717) is 12.4 Å². The number of hydrogen-bond donors (Lipinski definition) is 2. The maximum atomic E-state index is 12.6. The minimum absolute atomic E-state index is 0.0407. The Kier molecular flexibility index (Phi) is 6.75. The van der Waals surface area contributed by atoms with Crippen LogP contribution in [0.3, 0.4) is 0 Å². The molecule has 2 aliphatic heterocycles. The van der Waals surface area contributed by atoms with Crippen LogP contribution in [0.4, 0.5) is 4.39 Å². The molecule has 1 fully saturated rings. The molecule has 3 aromatic carbocycles. The first kappa shape index (κ1) is 23.4. The van der Waals surface area contributed by atoms with Gasteiger partial charge in [-0.1, -0.05) is 30.3 Å². The van der Waals surface area contributed by atoms with Gasteiger partial charge in [-0.25, -0.2) is 0 Å². The second-order valence-corrected chi connectivity index (χ2v) is 9.27. The van der Waals surface area contributed by atoms with Gasteiger partial charge in [-0.05, 0) is 65.6 Å². The summed E-state index contributed by atoms with van der Waals surface area (Å²) in [6.45, 7) is 4.73. The zero-order valence-corrected chi connectivity index (χ0v) is 19.8. The highest BCUT2D eigenvalue weighted by Crippen LogP contribution is 2.47. The first-order chi connectivity index (χ1) is 17.1. The number of fused-ring (bicyclic) bond motifs is 1. The number of aromatic hydroxyl groups is 1. The van der Waals surface area contributed by atoms with Crippen molar-refractivity contribution in [3.05, 3.63) is 89.0 Å². The molecule has 0 unspecified atom stereocenters. The van der Waals surface area contributed by atoms with E-state index in [9.17, 15) is 14.6 Å². The molecule has 0 aromatic heterocycles. The van der Waals surface area contributed by atoms with E-state index in [1.54, 1.807) is 18.2 Å². The van der Waals surface area contributed by atoms with Crippen LogP contribution in [0.5, 0.6) is 17.2 Å². The van der Waals surface area contributed by atoms with E-state index < -0.39 is 0 Å². The smallest absolute Gasteiger partial charge is 0.150 e. The number of hydrogen-bond acceptors (Lipinski definition) is 5. The van der Waals surface area contributed by atoms with Crippen molar-refractivity contribution in [3.8, 4) is 17.2 Å². The number of halogens is 1. The maximum absolute atomic E-state index is 12.6. The fourth-order valence-electron chi connectivity index (χ4n) is 4.87. The summed E-state index contributed by atoms with van der Waals surface area (Å²) in [7, 11) is 0. The summed E-state index contributed by atoms with van der Waals surface area (Å²) in [5, 5.41) is 19.7. The fourth-order valence-corrected chi connectivity index (χ4v) is 4.87. The van der Waals surface area contributed by atoms with Crippen molar-refractivity contribution in [3.63, 3.8) is 0 Å². The lowest BCUT2D eigenvalue weighted by Crippen LogP contribution is -2.49. The SMILES string of the molecule is CC1=C(c2cccc(CO)c2)[C@H](c2ccc(OCCN3CC(CF)C3)cc2)Oc2ccc(O)cc21. The Morgan fingerprint density at radius 3 is 2.60 bits per heavy atom. The van der Waals surface area contributed by atoms with Crippen molar-refractivity contribution >= 4 is 11.1 Å². The minimum Gasteiger partial charge on any atom is -0.508 e. The Morgan fingerprint density at radius 1 is 1.06 bits per heavy atom. The third-order valence-electron chi connectivity index (χ3n) is 6.81. The number of allylic oxidation sites excluding steroid dienone is 1. The molecule has 0 radical (unpaired) electrons. The second-order valence-electron chi connectivity index (χ2n) is 9.27. The summed E-state index contributed by atoms with van der Waals surface area (Å²) >= 11 is 0. The Hall–Kier alpha value is -3.35. The van der Waals surface area contributed by atoms with Crippen LogP contribution in [0.15, 0.2) is 66.7 Å². The third kappa shape index (κ3) is 4.90. The van der Waals surface area contributed by atoms with Crippen molar-refractivity contribution in [2.24, 2.45) is 5.92 Å². The number of ether oxygens (including phenoxy) is 2. The average molecular weight is 476 g/mol. The van der Waals surface area contributed by atoms with Gasteiger partial charge in [-0.15, -0.1) is 0 Å². The molecule has 5 nitrogen and oxygen atoms in total. The molecule has 0 aliphatic carbocycles. The van der Waals surface area contributed by atoms with Gasteiger partial charge in [-0.3, -0.25) is 9.29 Å². The van der Waals surface area contributed by atoms with E-state index in [1.165, 1.54) is 0 Å². The predicted molar refractivity (Wildman–Crippen MR) is 134 cm³/mol. The van der Waals surface area contributed by atoms with Crippen molar-refractivity contribution < 1.29 is 24.1 Å². The van der Waals surface area contributed by atoms with Gasteiger partial charge in [0.15, 0.2) is 0 Å². The Balaban J connectivity index is 1.39. The van der Waals surface area contributed by atoms with Crippen LogP contribution in [0.2, 0.25) is 0 Å². The molecule has 0 spiro atoms. The summed E-state index contributed by atoms with van der Waals surface area (Å²) in [5.74, 6) is 1.87. The number of nitrogens with zero attached hydrogens (tertiary/aromatic N) is 1. The number of alkyl halides is 1. The number of phenols is 1. The van der Waals surface area contributed by atoms with E-state index in [1.807, 2.05) is 55.5 Å². The molecule has 3 aromatic rings. The number of aliphatic hydroxyl groups excluding tert-OH is 1. The van der Waals surface area contributed by atoms with Gasteiger partial charge >= 0.3 is 0 Å². The molecule has 0 saturated carbocycles. The third-order valence-corrected chi connectivity index (χ3v) is 6.81. The highest BCUT2D eigenvalue weighted by atomic mass is 19.1. The molecule has 182 valence electrons. The highest BCUT2D eigenvalue weighted by molar-refractivity contribution is 5.95. The quantitative estimate of drug-likeness (QED) is 0.467. The topological polar surface area (TPSA) is 62.2 Å². The molecule has 1 saturated heterocycles. The van der Waals surface area contributed by atoms with Crippen LogP contribution in [-0.4, -0.2) is 48.0 Å². The van der Waals surface area contributed by atoms with Crippen LogP contribution in [-0.2, 0) is 6.61 Å². The van der Waals surface area contributed by atoms with Crippen molar-refractivity contribution in [2.75, 3.05) is 32.9 Å². The van der Waals surface area contributed by atoms with Gasteiger partial charge in [0.05, 0.1) is 13.3 Å². The van der Waals surface area contributed by atoms with Crippen LogP contribution in [0, 0.1) is 5.92 Å². The van der Waals surface area contributed by atoms with E-state index >= 15 is 0 Å². The molecule has 35 heavy (non-hydrogen) atoms. The molecule has 2 heterocycles. The van der Waals surface area contributed by atoms with Crippen LogP contribution >= 0.6 is 0 Å². The molecule has 6 heteroatoms. The number of benzene rings is 3. The monoisotopic (exact) mass is 475 g/mol. The van der Waals surface area contributed by atoms with Gasteiger partial charge in [0.25, 0.3) is 0 Å². The van der Waals surface area contributed by atoms with Gasteiger partial charge in [0.2, 0.25) is 0 Å². The lowest BCUT2D eigenvalue weighted by molar-refractivity contribution is 0.0668.